The van der Waals surface area contributed by atoms with E-state index in [0.29, 0.717) is 0 Å². The number of anilines is 1. The highest BCUT2D eigenvalue weighted by atomic mass is 31.2. The molecule has 0 bridgehead atoms. The van der Waals surface area contributed by atoms with Gasteiger partial charge in [-0.15, -0.1) is 0 Å². The maximum Gasteiger partial charge on any atom is 0.469 e. The lowest BCUT2D eigenvalue weighted by molar-refractivity contribution is -0.0450. The van der Waals surface area contributed by atoms with E-state index < -0.39 is 38.6 Å². The van der Waals surface area contributed by atoms with Crippen molar-refractivity contribution in [3.05, 3.63) is 22.7 Å². The Labute approximate surface area is 113 Å². The molecule has 0 spiro atoms. The van der Waals surface area contributed by atoms with E-state index in [1.807, 2.05) is 0 Å². The van der Waals surface area contributed by atoms with Crippen LogP contribution in [0.2, 0.25) is 0 Å². The second-order valence-electron chi connectivity index (χ2n) is 4.26. The Bertz CT molecular complexity index is 585. The van der Waals surface area contributed by atoms with Crippen molar-refractivity contribution in [1.29, 1.82) is 0 Å². The van der Waals surface area contributed by atoms with E-state index in [4.69, 9.17) is 20.3 Å². The van der Waals surface area contributed by atoms with Crippen molar-refractivity contribution < 1.29 is 28.7 Å². The van der Waals surface area contributed by atoms with Gasteiger partial charge in [-0.1, -0.05) is 0 Å². The molecule has 2 heterocycles. The molecule has 0 radical (unpaired) electrons. The average Bonchev–Trinajstić information content (AvgIpc) is 2.67. The van der Waals surface area contributed by atoms with E-state index in [1.165, 1.54) is 12.3 Å². The molecule has 3 atom stereocenters. The second-order valence-corrected chi connectivity index (χ2v) is 5.50. The zero-order chi connectivity index (χ0) is 14.9. The number of aliphatic hydroxyl groups excluding tert-OH is 1. The van der Waals surface area contributed by atoms with Crippen LogP contribution in [-0.4, -0.2) is 43.3 Å². The molecule has 1 saturated heterocycles. The Hall–Kier alpha value is -1.29. The number of ether oxygens (including phenoxy) is 1. The minimum atomic E-state index is -4.64. The lowest BCUT2D eigenvalue weighted by Gasteiger charge is -2.16. The first kappa shape index (κ1) is 15.1. The highest BCUT2D eigenvalue weighted by Crippen LogP contribution is 2.38. The van der Waals surface area contributed by atoms with Gasteiger partial charge in [-0.2, -0.15) is 4.98 Å². The van der Waals surface area contributed by atoms with Gasteiger partial charge in [-0.25, -0.2) is 9.36 Å². The van der Waals surface area contributed by atoms with Crippen LogP contribution in [0.15, 0.2) is 17.1 Å². The quantitative estimate of drug-likeness (QED) is 0.490. The smallest absolute Gasteiger partial charge is 0.390 e. The molecule has 0 aromatic carbocycles. The lowest BCUT2D eigenvalue weighted by Crippen LogP contribution is -2.28. The van der Waals surface area contributed by atoms with Crippen LogP contribution < -0.4 is 11.4 Å². The van der Waals surface area contributed by atoms with Crippen molar-refractivity contribution in [2.45, 2.75) is 24.9 Å². The molecule has 1 fully saturated rings. The van der Waals surface area contributed by atoms with Gasteiger partial charge >= 0.3 is 13.5 Å². The van der Waals surface area contributed by atoms with Crippen LogP contribution in [-0.2, 0) is 13.8 Å². The summed E-state index contributed by atoms with van der Waals surface area (Å²) in [5, 5.41) is 9.74. The molecule has 2 rings (SSSR count). The fourth-order valence-electron chi connectivity index (χ4n) is 1.85. The highest BCUT2D eigenvalue weighted by molar-refractivity contribution is 7.46. The number of aromatic nitrogens is 2. The predicted octanol–water partition coefficient (Wildman–Crippen LogP) is -1.42. The summed E-state index contributed by atoms with van der Waals surface area (Å²) in [4.78, 5) is 32.3. The van der Waals surface area contributed by atoms with Crippen molar-refractivity contribution >= 4 is 13.6 Å². The number of rotatable bonds is 4. The summed E-state index contributed by atoms with van der Waals surface area (Å²) in [5.74, 6) is 0.0613. The van der Waals surface area contributed by atoms with Crippen molar-refractivity contribution in [1.82, 2.24) is 9.55 Å². The Morgan fingerprint density at radius 1 is 1.60 bits per heavy atom. The first-order chi connectivity index (χ1) is 9.26. The summed E-state index contributed by atoms with van der Waals surface area (Å²) in [6.45, 7) is -0.487. The monoisotopic (exact) mass is 307 g/mol. The SMILES string of the molecule is Nc1ccn(C2C[C@H](O)C(COP(=O)(O)O)O2)c(=O)n1. The van der Waals surface area contributed by atoms with E-state index in [-0.39, 0.29) is 12.2 Å². The molecular weight excluding hydrogens is 293 g/mol. The van der Waals surface area contributed by atoms with Crippen LogP contribution in [0.5, 0.6) is 0 Å². The molecule has 5 N–H and O–H groups in total. The number of aliphatic hydroxyl groups is 1. The molecule has 1 aromatic rings. The third-order valence-corrected chi connectivity index (χ3v) is 3.26. The minimum Gasteiger partial charge on any atom is -0.390 e. The molecule has 20 heavy (non-hydrogen) atoms. The minimum absolute atomic E-state index is 0.0613. The molecule has 112 valence electrons. The van der Waals surface area contributed by atoms with Gasteiger partial charge in [0.25, 0.3) is 0 Å². The molecule has 0 aliphatic carbocycles. The van der Waals surface area contributed by atoms with E-state index in [9.17, 15) is 14.5 Å². The molecule has 1 aromatic heterocycles. The van der Waals surface area contributed by atoms with Crippen molar-refractivity contribution in [2.24, 2.45) is 0 Å². The van der Waals surface area contributed by atoms with Crippen LogP contribution >= 0.6 is 7.82 Å². The topological polar surface area (TPSA) is 157 Å². The van der Waals surface area contributed by atoms with Gasteiger partial charge in [0.15, 0.2) is 0 Å². The Morgan fingerprint density at radius 2 is 2.30 bits per heavy atom. The van der Waals surface area contributed by atoms with Crippen molar-refractivity contribution in [2.75, 3.05) is 12.3 Å². The average molecular weight is 307 g/mol. The van der Waals surface area contributed by atoms with Gasteiger partial charge in [0.05, 0.1) is 12.7 Å². The van der Waals surface area contributed by atoms with Gasteiger partial charge in [0.1, 0.15) is 18.1 Å². The molecular formula is C9H14N3O7P. The van der Waals surface area contributed by atoms with Crippen molar-refractivity contribution in [3.63, 3.8) is 0 Å². The Kier molecular flexibility index (Phi) is 4.23. The molecule has 0 saturated carbocycles. The third kappa shape index (κ3) is 3.63. The number of phosphoric acid groups is 1. The first-order valence-electron chi connectivity index (χ1n) is 5.64. The number of nitrogens with two attached hydrogens (primary N) is 1. The molecule has 10 nitrogen and oxygen atoms in total. The number of hydrogen-bond acceptors (Lipinski definition) is 7. The van der Waals surface area contributed by atoms with Gasteiger partial charge < -0.3 is 25.4 Å². The number of hydrogen-bond donors (Lipinski definition) is 4. The fourth-order valence-corrected chi connectivity index (χ4v) is 2.19. The number of phosphoric ester groups is 1. The van der Waals surface area contributed by atoms with Crippen LogP contribution in [0, 0.1) is 0 Å². The standard InChI is InChI=1S/C9H14N3O7P/c10-7-1-2-12(9(14)11-7)8-3-5(13)6(19-8)4-18-20(15,16)17/h1-2,5-6,8,13H,3-4H2,(H2,10,11,14)(H2,15,16,17)/t5-,6?,8?/m0/s1. The predicted molar refractivity (Wildman–Crippen MR) is 65.4 cm³/mol. The fraction of sp³-hybridized carbons (Fsp3) is 0.556. The summed E-state index contributed by atoms with van der Waals surface area (Å²) in [5.41, 5.74) is 4.72. The third-order valence-electron chi connectivity index (χ3n) is 2.77. The van der Waals surface area contributed by atoms with Crippen LogP contribution in [0.4, 0.5) is 5.82 Å². The molecule has 0 amide bonds. The summed E-state index contributed by atoms with van der Waals surface area (Å²) >= 11 is 0. The number of nitrogen functional groups attached to an aromatic ring is 1. The van der Waals surface area contributed by atoms with Crippen LogP contribution in [0.1, 0.15) is 12.6 Å². The number of nitrogens with zero attached hydrogens (tertiary/aromatic N) is 2. The summed E-state index contributed by atoms with van der Waals surface area (Å²) in [7, 11) is -4.64. The maximum absolute atomic E-state index is 11.6. The lowest BCUT2D eigenvalue weighted by atomic mass is 10.2. The summed E-state index contributed by atoms with van der Waals surface area (Å²) in [6.07, 6.45) is -1.32. The van der Waals surface area contributed by atoms with Gasteiger partial charge in [-0.05, 0) is 6.07 Å². The van der Waals surface area contributed by atoms with Gasteiger partial charge in [-0.3, -0.25) is 9.09 Å². The van der Waals surface area contributed by atoms with E-state index in [2.05, 4.69) is 9.51 Å². The van der Waals surface area contributed by atoms with Crippen LogP contribution in [0.25, 0.3) is 0 Å². The van der Waals surface area contributed by atoms with E-state index in [0.717, 1.165) is 4.57 Å². The second kappa shape index (κ2) is 5.60. The Morgan fingerprint density at radius 3 is 2.90 bits per heavy atom. The van der Waals surface area contributed by atoms with Gasteiger partial charge in [0, 0.05) is 12.6 Å². The zero-order valence-corrected chi connectivity index (χ0v) is 11.1. The first-order valence-corrected chi connectivity index (χ1v) is 7.17. The summed E-state index contributed by atoms with van der Waals surface area (Å²) < 4.78 is 21.3. The van der Waals surface area contributed by atoms with E-state index in [1.54, 1.807) is 0 Å². The summed E-state index contributed by atoms with van der Waals surface area (Å²) in [6, 6.07) is 1.40. The molecule has 1 aliphatic rings. The highest BCUT2D eigenvalue weighted by Gasteiger charge is 2.36. The normalized spacial score (nSPS) is 26.9. The van der Waals surface area contributed by atoms with Crippen LogP contribution in [0.3, 0.4) is 0 Å². The maximum atomic E-state index is 11.6. The molecule has 11 heteroatoms. The molecule has 2 unspecified atom stereocenters. The van der Waals surface area contributed by atoms with E-state index >= 15 is 0 Å². The zero-order valence-electron chi connectivity index (χ0n) is 10.2. The van der Waals surface area contributed by atoms with Gasteiger partial charge in [0.2, 0.25) is 0 Å². The molecule has 1 aliphatic heterocycles. The van der Waals surface area contributed by atoms with Crippen molar-refractivity contribution in [3.8, 4) is 0 Å². The largest absolute Gasteiger partial charge is 0.469 e. The Balaban J connectivity index is 2.06.